The summed E-state index contributed by atoms with van der Waals surface area (Å²) in [5.74, 6) is 0. The molecule has 0 saturated heterocycles. The molecule has 14 rings (SSSR count). The van der Waals surface area contributed by atoms with Crippen LogP contribution >= 0.6 is 0 Å². The molecule has 0 bridgehead atoms. The summed E-state index contributed by atoms with van der Waals surface area (Å²) in [6.45, 7) is 0. The molecule has 12 aromatic carbocycles. The molecule has 0 amide bonds. The molecule has 13 aromatic rings. The van der Waals surface area contributed by atoms with Gasteiger partial charge >= 0.3 is 0 Å². The highest BCUT2D eigenvalue weighted by atomic mass is 16.3. The average Bonchev–Trinajstić information content (AvgIpc) is 4.01. The molecule has 0 radical (unpaired) electrons. The number of furan rings is 1. The molecule has 0 aliphatic heterocycles. The molecular weight excluding hydrogens is 883 g/mol. The number of fused-ring (bicyclic) bond motifs is 7. The Morgan fingerprint density at radius 1 is 0.288 bits per heavy atom. The van der Waals surface area contributed by atoms with Gasteiger partial charge in [-0.3, -0.25) is 0 Å². The van der Waals surface area contributed by atoms with E-state index < -0.39 is 5.41 Å². The molecule has 1 aliphatic rings. The lowest BCUT2D eigenvalue weighted by atomic mass is 9.67. The van der Waals surface area contributed by atoms with E-state index in [1.807, 2.05) is 12.1 Å². The van der Waals surface area contributed by atoms with Gasteiger partial charge in [0.25, 0.3) is 0 Å². The van der Waals surface area contributed by atoms with E-state index in [0.29, 0.717) is 0 Å². The maximum Gasteiger partial charge on any atom is 0.136 e. The molecule has 0 spiro atoms. The predicted octanol–water partition coefficient (Wildman–Crippen LogP) is 19.2. The highest BCUT2D eigenvalue weighted by Crippen LogP contribution is 2.58. The van der Waals surface area contributed by atoms with Crippen LogP contribution < -0.4 is 4.90 Å². The van der Waals surface area contributed by atoms with Crippen LogP contribution in [0, 0.1) is 0 Å². The Morgan fingerprint density at radius 2 is 0.767 bits per heavy atom. The Balaban J connectivity index is 0.869. The van der Waals surface area contributed by atoms with Gasteiger partial charge < -0.3 is 9.32 Å². The first-order valence-electron chi connectivity index (χ1n) is 25.1. The standard InChI is InChI=1S/C71H47NO/c1-3-20-56(21-4-1)71(57-22-5-2-6-23-57)65-28-11-9-24-63(65)69-61(26-14-29-66(69)71)50-36-42-59(43-37-50)72(60-44-38-51(39-45-60)62-27-15-31-68-70(62)64-25-10-12-30-67(64)73-68)58-40-34-49(35-41-58)53-18-13-19-54(46-53)55-33-32-48-16-7-8-17-52(48)47-55/h1-47H. The van der Waals surface area contributed by atoms with Gasteiger partial charge in [-0.1, -0.05) is 224 Å². The van der Waals surface area contributed by atoms with Crippen LogP contribution in [0.3, 0.4) is 0 Å². The maximum absolute atomic E-state index is 6.30. The SMILES string of the molecule is c1ccc(C2(c3ccccc3)c3ccccc3-c3c(-c4ccc(N(c5ccc(-c6cccc(-c7ccc8ccccc8c7)c6)cc5)c5ccc(-c6cccc7oc8ccccc8c67)cc5)cc4)cccc32)cc1. The van der Waals surface area contributed by atoms with Crippen LogP contribution in [0.2, 0.25) is 0 Å². The van der Waals surface area contributed by atoms with Gasteiger partial charge in [-0.25, -0.2) is 0 Å². The van der Waals surface area contributed by atoms with Crippen LogP contribution in [-0.2, 0) is 5.41 Å². The first kappa shape index (κ1) is 42.4. The third-order valence-electron chi connectivity index (χ3n) is 15.2. The topological polar surface area (TPSA) is 16.4 Å². The fourth-order valence-corrected chi connectivity index (χ4v) is 11.8. The number of benzene rings is 12. The predicted molar refractivity (Wildman–Crippen MR) is 305 cm³/mol. The van der Waals surface area contributed by atoms with Crippen molar-refractivity contribution < 1.29 is 4.42 Å². The average molecular weight is 930 g/mol. The summed E-state index contributed by atoms with van der Waals surface area (Å²) >= 11 is 0. The van der Waals surface area contributed by atoms with Crippen LogP contribution in [0.25, 0.3) is 88.3 Å². The van der Waals surface area contributed by atoms with Gasteiger partial charge in [0.2, 0.25) is 0 Å². The van der Waals surface area contributed by atoms with Crippen molar-refractivity contribution in [3.63, 3.8) is 0 Å². The Bertz CT molecular complexity index is 4130. The van der Waals surface area contributed by atoms with Gasteiger partial charge in [-0.2, -0.15) is 0 Å². The summed E-state index contributed by atoms with van der Waals surface area (Å²) in [5, 5.41) is 4.76. The van der Waals surface area contributed by atoms with Crippen molar-refractivity contribution in [1.82, 2.24) is 0 Å². The molecule has 342 valence electrons. The van der Waals surface area contributed by atoms with Crippen molar-refractivity contribution in [3.05, 3.63) is 307 Å². The van der Waals surface area contributed by atoms with Crippen LogP contribution in [0.1, 0.15) is 22.3 Å². The second kappa shape index (κ2) is 17.4. The molecule has 73 heavy (non-hydrogen) atoms. The summed E-state index contributed by atoms with van der Waals surface area (Å²) in [7, 11) is 0. The second-order valence-electron chi connectivity index (χ2n) is 19.2. The summed E-state index contributed by atoms with van der Waals surface area (Å²) < 4.78 is 6.30. The highest BCUT2D eigenvalue weighted by molar-refractivity contribution is 6.12. The Morgan fingerprint density at radius 3 is 1.48 bits per heavy atom. The highest BCUT2D eigenvalue weighted by Gasteiger charge is 2.46. The van der Waals surface area contributed by atoms with E-state index in [-0.39, 0.29) is 0 Å². The second-order valence-corrected chi connectivity index (χ2v) is 19.2. The van der Waals surface area contributed by atoms with Crippen molar-refractivity contribution in [2.45, 2.75) is 5.41 Å². The fraction of sp³-hybridized carbons (Fsp3) is 0.0141. The molecule has 2 nitrogen and oxygen atoms in total. The molecule has 1 heterocycles. The first-order valence-corrected chi connectivity index (χ1v) is 25.1. The molecule has 1 aromatic heterocycles. The number of hydrogen-bond acceptors (Lipinski definition) is 2. The lowest BCUT2D eigenvalue weighted by molar-refractivity contribution is 0.669. The quantitative estimate of drug-likeness (QED) is 0.143. The van der Waals surface area contributed by atoms with Gasteiger partial charge in [-0.05, 0) is 149 Å². The third-order valence-corrected chi connectivity index (χ3v) is 15.2. The smallest absolute Gasteiger partial charge is 0.136 e. The van der Waals surface area contributed by atoms with Crippen LogP contribution in [-0.4, -0.2) is 0 Å². The van der Waals surface area contributed by atoms with E-state index >= 15 is 0 Å². The zero-order valence-corrected chi connectivity index (χ0v) is 40.0. The summed E-state index contributed by atoms with van der Waals surface area (Å²) in [5.41, 5.74) is 21.7. The van der Waals surface area contributed by atoms with Gasteiger partial charge in [0.15, 0.2) is 0 Å². The number of rotatable bonds is 9. The minimum Gasteiger partial charge on any atom is -0.456 e. The Hall–Kier alpha value is -9.50. The van der Waals surface area contributed by atoms with Gasteiger partial charge in [0.05, 0.1) is 5.41 Å². The lowest BCUT2D eigenvalue weighted by Crippen LogP contribution is -2.28. The van der Waals surface area contributed by atoms with E-state index in [4.69, 9.17) is 4.42 Å². The maximum atomic E-state index is 6.30. The molecular formula is C71H47NO. The molecule has 0 N–H and O–H groups in total. The van der Waals surface area contributed by atoms with E-state index in [2.05, 4.69) is 278 Å². The van der Waals surface area contributed by atoms with Crippen LogP contribution in [0.4, 0.5) is 17.1 Å². The van der Waals surface area contributed by atoms with Crippen LogP contribution in [0.15, 0.2) is 290 Å². The van der Waals surface area contributed by atoms with E-state index in [1.165, 1.54) is 72.0 Å². The Kier molecular flexibility index (Phi) is 10.1. The van der Waals surface area contributed by atoms with Crippen LogP contribution in [0.5, 0.6) is 0 Å². The van der Waals surface area contributed by atoms with Gasteiger partial charge in [0.1, 0.15) is 11.2 Å². The van der Waals surface area contributed by atoms with E-state index in [0.717, 1.165) is 55.7 Å². The van der Waals surface area contributed by atoms with Crippen molar-refractivity contribution in [2.75, 3.05) is 4.90 Å². The normalized spacial score (nSPS) is 12.5. The molecule has 2 heteroatoms. The van der Waals surface area contributed by atoms with Gasteiger partial charge in [0, 0.05) is 27.8 Å². The summed E-state index contributed by atoms with van der Waals surface area (Å²) in [6.07, 6.45) is 0. The van der Waals surface area contributed by atoms with E-state index in [1.54, 1.807) is 0 Å². The van der Waals surface area contributed by atoms with Crippen molar-refractivity contribution in [2.24, 2.45) is 0 Å². The van der Waals surface area contributed by atoms with E-state index in [9.17, 15) is 0 Å². The first-order chi connectivity index (χ1) is 36.2. The van der Waals surface area contributed by atoms with Crippen molar-refractivity contribution in [3.8, 4) is 55.6 Å². The van der Waals surface area contributed by atoms with Crippen molar-refractivity contribution >= 4 is 49.8 Å². The minimum absolute atomic E-state index is 0.465. The molecule has 0 fully saturated rings. The number of hydrogen-bond donors (Lipinski definition) is 0. The van der Waals surface area contributed by atoms with Gasteiger partial charge in [-0.15, -0.1) is 0 Å². The van der Waals surface area contributed by atoms with Crippen molar-refractivity contribution in [1.29, 1.82) is 0 Å². The number of para-hydroxylation sites is 1. The Labute approximate surface area is 425 Å². The molecule has 0 atom stereocenters. The monoisotopic (exact) mass is 929 g/mol. The lowest BCUT2D eigenvalue weighted by Gasteiger charge is -2.34. The molecule has 1 aliphatic carbocycles. The summed E-state index contributed by atoms with van der Waals surface area (Å²) in [4.78, 5) is 2.37. The minimum atomic E-state index is -0.465. The zero-order chi connectivity index (χ0) is 48.3. The number of nitrogens with zero attached hydrogens (tertiary/aromatic N) is 1. The number of anilines is 3. The third kappa shape index (κ3) is 7.02. The summed E-state index contributed by atoms with van der Waals surface area (Å²) in [6, 6.07) is 104. The molecule has 0 unspecified atom stereocenters. The zero-order valence-electron chi connectivity index (χ0n) is 40.0. The fourth-order valence-electron chi connectivity index (χ4n) is 11.8. The molecule has 0 saturated carbocycles. The largest absolute Gasteiger partial charge is 0.456 e.